The van der Waals surface area contributed by atoms with Gasteiger partial charge in [0.05, 0.1) is 25.2 Å². The number of amides is 1. The molecule has 0 aromatic heterocycles. The molecule has 2 atom stereocenters. The molecule has 9 nitrogen and oxygen atoms in total. The van der Waals surface area contributed by atoms with Crippen LogP contribution in [0.5, 0.6) is 11.5 Å². The number of anilines is 2. The van der Waals surface area contributed by atoms with Gasteiger partial charge >= 0.3 is 0 Å². The molecule has 0 fully saturated rings. The summed E-state index contributed by atoms with van der Waals surface area (Å²) in [5, 5.41) is 26.5. The third-order valence-electron chi connectivity index (χ3n) is 4.97. The Morgan fingerprint density at radius 2 is 1.65 bits per heavy atom. The Morgan fingerprint density at radius 3 is 2.26 bits per heavy atom. The predicted octanol–water partition coefficient (Wildman–Crippen LogP) is 2.78. The molecule has 0 saturated carbocycles. The van der Waals surface area contributed by atoms with E-state index in [1.807, 2.05) is 18.2 Å². The summed E-state index contributed by atoms with van der Waals surface area (Å²) in [6.07, 6.45) is -0.131. The number of nitrogens with one attached hydrogen (secondary N) is 3. The molecule has 0 aliphatic heterocycles. The summed E-state index contributed by atoms with van der Waals surface area (Å²) in [5.41, 5.74) is 1.59. The summed E-state index contributed by atoms with van der Waals surface area (Å²) >= 11 is 0. The molecular formula is C24H27N3O6S. The Kier molecular flexibility index (Phi) is 8.11. The van der Waals surface area contributed by atoms with Crippen LogP contribution in [0.2, 0.25) is 0 Å². The minimum absolute atomic E-state index is 0.0258. The largest absolute Gasteiger partial charge is 0.506 e. The van der Waals surface area contributed by atoms with Gasteiger partial charge in [-0.25, -0.2) is 8.42 Å². The van der Waals surface area contributed by atoms with E-state index in [0.717, 1.165) is 6.26 Å². The van der Waals surface area contributed by atoms with Gasteiger partial charge < -0.3 is 20.3 Å². The smallest absolute Gasteiger partial charge is 0.246 e. The minimum atomic E-state index is -3.62. The number of aliphatic hydroxyl groups is 1. The Balaban J connectivity index is 1.79. The lowest BCUT2D eigenvalue weighted by molar-refractivity contribution is -0.118. The van der Waals surface area contributed by atoms with Gasteiger partial charge in [0.15, 0.2) is 0 Å². The first kappa shape index (κ1) is 25.0. The van der Waals surface area contributed by atoms with Crippen molar-refractivity contribution >= 4 is 27.3 Å². The molecule has 0 aliphatic rings. The molecule has 10 heteroatoms. The molecule has 0 radical (unpaired) electrons. The maximum Gasteiger partial charge on any atom is 0.246 e. The van der Waals surface area contributed by atoms with Gasteiger partial charge in [-0.1, -0.05) is 36.4 Å². The third-order valence-corrected chi connectivity index (χ3v) is 5.56. The number of ether oxygens (including phenoxy) is 1. The van der Waals surface area contributed by atoms with Crippen LogP contribution in [0.3, 0.4) is 0 Å². The first-order valence-electron chi connectivity index (χ1n) is 10.4. The monoisotopic (exact) mass is 485 g/mol. The highest BCUT2D eigenvalue weighted by atomic mass is 32.2. The average molecular weight is 486 g/mol. The molecule has 3 rings (SSSR count). The topological polar surface area (TPSA) is 137 Å². The number of hydrogen-bond acceptors (Lipinski definition) is 7. The molecular weight excluding hydrogens is 458 g/mol. The summed E-state index contributed by atoms with van der Waals surface area (Å²) in [6.45, 7) is -0.0258. The number of aliphatic hydroxyl groups excluding tert-OH is 1. The van der Waals surface area contributed by atoms with Crippen molar-refractivity contribution in [2.75, 3.05) is 29.9 Å². The molecule has 3 aromatic rings. The number of hydrogen-bond donors (Lipinski definition) is 5. The van der Waals surface area contributed by atoms with Gasteiger partial charge in [0, 0.05) is 12.2 Å². The van der Waals surface area contributed by atoms with E-state index in [-0.39, 0.29) is 23.9 Å². The highest BCUT2D eigenvalue weighted by Gasteiger charge is 2.22. The van der Waals surface area contributed by atoms with Crippen molar-refractivity contribution in [3.8, 4) is 11.5 Å². The third kappa shape index (κ3) is 6.95. The van der Waals surface area contributed by atoms with E-state index in [1.54, 1.807) is 43.5 Å². The molecule has 3 aromatic carbocycles. The lowest BCUT2D eigenvalue weighted by Gasteiger charge is -2.22. The fourth-order valence-electron chi connectivity index (χ4n) is 3.28. The Bertz CT molecular complexity index is 1220. The fraction of sp³-hybridized carbons (Fsp3) is 0.208. The van der Waals surface area contributed by atoms with Crippen molar-refractivity contribution in [1.29, 1.82) is 0 Å². The number of para-hydroxylation sites is 1. The van der Waals surface area contributed by atoms with Gasteiger partial charge in [-0.05, 0) is 47.5 Å². The summed E-state index contributed by atoms with van der Waals surface area (Å²) in [7, 11) is -2.07. The number of aromatic hydroxyl groups is 1. The first-order chi connectivity index (χ1) is 16.2. The zero-order chi connectivity index (χ0) is 24.7. The molecule has 1 amide bonds. The van der Waals surface area contributed by atoms with Crippen LogP contribution in [0.15, 0.2) is 72.8 Å². The Morgan fingerprint density at radius 1 is 1.00 bits per heavy atom. The summed E-state index contributed by atoms with van der Waals surface area (Å²) in [4.78, 5) is 13.1. The number of benzene rings is 3. The van der Waals surface area contributed by atoms with E-state index in [1.165, 1.54) is 18.2 Å². The predicted molar refractivity (Wildman–Crippen MR) is 130 cm³/mol. The van der Waals surface area contributed by atoms with Crippen LogP contribution in [-0.2, 0) is 14.8 Å². The lowest BCUT2D eigenvalue weighted by Crippen LogP contribution is -2.35. The van der Waals surface area contributed by atoms with Crippen molar-refractivity contribution in [2.24, 2.45) is 0 Å². The van der Waals surface area contributed by atoms with E-state index in [4.69, 9.17) is 4.74 Å². The number of carbonyl (C=O) groups is 1. The molecule has 34 heavy (non-hydrogen) atoms. The van der Waals surface area contributed by atoms with Gasteiger partial charge in [0.2, 0.25) is 15.9 Å². The lowest BCUT2D eigenvalue weighted by atomic mass is 10.0. The van der Waals surface area contributed by atoms with E-state index in [0.29, 0.717) is 22.6 Å². The first-order valence-corrected chi connectivity index (χ1v) is 12.3. The summed E-state index contributed by atoms with van der Waals surface area (Å²) in [6, 6.07) is 19.3. The quantitative estimate of drug-likeness (QED) is 0.279. The molecule has 5 N–H and O–H groups in total. The number of rotatable bonds is 10. The van der Waals surface area contributed by atoms with Crippen LogP contribution in [0.1, 0.15) is 23.3 Å². The van der Waals surface area contributed by atoms with Gasteiger partial charge in [0.25, 0.3) is 0 Å². The summed E-state index contributed by atoms with van der Waals surface area (Å²) < 4.78 is 30.4. The number of phenolic OH excluding ortho intramolecular Hbond substituents is 1. The zero-order valence-corrected chi connectivity index (χ0v) is 19.5. The molecule has 0 saturated heterocycles. The highest BCUT2D eigenvalue weighted by Crippen LogP contribution is 2.28. The second-order valence-corrected chi connectivity index (χ2v) is 9.38. The second kappa shape index (κ2) is 11.0. The molecule has 0 bridgehead atoms. The maximum absolute atomic E-state index is 13.1. The molecule has 180 valence electrons. The van der Waals surface area contributed by atoms with E-state index in [9.17, 15) is 23.4 Å². The van der Waals surface area contributed by atoms with Gasteiger partial charge in [-0.2, -0.15) is 0 Å². The normalized spacial score (nSPS) is 13.0. The van der Waals surface area contributed by atoms with Crippen molar-refractivity contribution in [3.63, 3.8) is 0 Å². The van der Waals surface area contributed by atoms with Gasteiger partial charge in [-0.15, -0.1) is 0 Å². The highest BCUT2D eigenvalue weighted by molar-refractivity contribution is 7.92. The van der Waals surface area contributed by atoms with Crippen LogP contribution >= 0.6 is 0 Å². The maximum atomic E-state index is 13.1. The molecule has 0 heterocycles. The number of sulfonamides is 1. The van der Waals surface area contributed by atoms with Crippen LogP contribution in [0.4, 0.5) is 11.4 Å². The minimum Gasteiger partial charge on any atom is -0.506 e. The average Bonchev–Trinajstić information content (AvgIpc) is 2.80. The standard InChI is InChI=1S/C24H27N3O6S/c1-33-19-11-8-16(9-12-19)23(24(30)26-18-6-4-3-5-7-18)25-15-22(29)17-10-13-21(28)20(14-17)27-34(2,31)32/h3-14,22-23,25,27-29H,15H2,1-2H3,(H,26,30). The molecule has 2 unspecified atom stereocenters. The van der Waals surface area contributed by atoms with Crippen molar-refractivity contribution in [2.45, 2.75) is 12.1 Å². The number of methoxy groups -OCH3 is 1. The Labute approximate surface area is 198 Å². The van der Waals surface area contributed by atoms with Gasteiger partial charge in [0.1, 0.15) is 17.5 Å². The van der Waals surface area contributed by atoms with Crippen molar-refractivity contribution in [3.05, 3.63) is 83.9 Å². The molecule has 0 spiro atoms. The molecule has 0 aliphatic carbocycles. The van der Waals surface area contributed by atoms with Crippen molar-refractivity contribution < 1.29 is 28.2 Å². The van der Waals surface area contributed by atoms with E-state index >= 15 is 0 Å². The number of carbonyl (C=O) groups excluding carboxylic acids is 1. The number of phenols is 1. The van der Waals surface area contributed by atoms with Crippen molar-refractivity contribution in [1.82, 2.24) is 5.32 Å². The second-order valence-electron chi connectivity index (χ2n) is 7.64. The van der Waals surface area contributed by atoms with E-state index in [2.05, 4.69) is 15.4 Å². The Hall–Kier alpha value is -3.60. The SMILES string of the molecule is COc1ccc(C(NCC(O)c2ccc(O)c(NS(C)(=O)=O)c2)C(=O)Nc2ccccc2)cc1. The van der Waals surface area contributed by atoms with E-state index < -0.39 is 22.2 Å². The van der Waals surface area contributed by atoms with Crippen LogP contribution in [0, 0.1) is 0 Å². The summed E-state index contributed by atoms with van der Waals surface area (Å²) in [5.74, 6) is 0.0439. The van der Waals surface area contributed by atoms with Gasteiger partial charge in [-0.3, -0.25) is 14.8 Å². The fourth-order valence-corrected chi connectivity index (χ4v) is 3.85. The van der Waals surface area contributed by atoms with Crippen LogP contribution < -0.4 is 20.1 Å². The van der Waals surface area contributed by atoms with Crippen LogP contribution in [-0.4, -0.2) is 44.4 Å². The van der Waals surface area contributed by atoms with Crippen LogP contribution in [0.25, 0.3) is 0 Å². The zero-order valence-electron chi connectivity index (χ0n) is 18.7.